The van der Waals surface area contributed by atoms with Crippen LogP contribution < -0.4 is 0 Å². The number of phenolic OH excluding ortho intramolecular Hbond substituents is 1. The summed E-state index contributed by atoms with van der Waals surface area (Å²) < 4.78 is 0. The molecule has 2 aromatic rings. The Kier molecular flexibility index (Phi) is 3.47. The van der Waals surface area contributed by atoms with Crippen LogP contribution in [0.1, 0.15) is 27.0 Å². The second-order valence-electron chi connectivity index (χ2n) is 4.52. The third kappa shape index (κ3) is 2.59. The first kappa shape index (κ1) is 12.4. The van der Waals surface area contributed by atoms with Crippen molar-refractivity contribution in [2.75, 3.05) is 0 Å². The molecule has 92 valence electrons. The Balaban J connectivity index is 2.24. The molecule has 2 heteroatoms. The summed E-state index contributed by atoms with van der Waals surface area (Å²) in [5.41, 5.74) is 4.01. The van der Waals surface area contributed by atoms with Crippen LogP contribution in [0.4, 0.5) is 0 Å². The van der Waals surface area contributed by atoms with Gasteiger partial charge in [0, 0.05) is 12.0 Å². The van der Waals surface area contributed by atoms with Gasteiger partial charge in [-0.25, -0.2) is 0 Å². The highest BCUT2D eigenvalue weighted by Gasteiger charge is 2.10. The molecule has 0 fully saturated rings. The molecule has 2 rings (SSSR count). The second kappa shape index (κ2) is 5.05. The predicted molar refractivity (Wildman–Crippen MR) is 72.1 cm³/mol. The summed E-state index contributed by atoms with van der Waals surface area (Å²) in [6, 6.07) is 12.4. The van der Waals surface area contributed by atoms with Gasteiger partial charge in [0.2, 0.25) is 0 Å². The molecule has 0 radical (unpaired) electrons. The average Bonchev–Trinajstić information content (AvgIpc) is 2.34. The monoisotopic (exact) mass is 240 g/mol. The van der Waals surface area contributed by atoms with Crippen LogP contribution in [-0.4, -0.2) is 10.9 Å². The van der Waals surface area contributed by atoms with Crippen LogP contribution in [-0.2, 0) is 6.42 Å². The SMILES string of the molecule is Cc1cccc(C)c1CC(=O)c1ccc(O)cc1. The first-order valence-corrected chi connectivity index (χ1v) is 5.95. The lowest BCUT2D eigenvalue weighted by Crippen LogP contribution is -2.06. The number of phenols is 1. The highest BCUT2D eigenvalue weighted by Crippen LogP contribution is 2.17. The van der Waals surface area contributed by atoms with Crippen molar-refractivity contribution >= 4 is 5.78 Å². The number of carbonyl (C=O) groups excluding carboxylic acids is 1. The number of aryl methyl sites for hydroxylation is 2. The summed E-state index contributed by atoms with van der Waals surface area (Å²) in [7, 11) is 0. The van der Waals surface area contributed by atoms with Gasteiger partial charge in [-0.1, -0.05) is 18.2 Å². The summed E-state index contributed by atoms with van der Waals surface area (Å²) >= 11 is 0. The van der Waals surface area contributed by atoms with Gasteiger partial charge in [-0.3, -0.25) is 4.79 Å². The molecule has 0 saturated heterocycles. The average molecular weight is 240 g/mol. The molecule has 0 bridgehead atoms. The van der Waals surface area contributed by atoms with Gasteiger partial charge in [0.1, 0.15) is 5.75 Å². The van der Waals surface area contributed by atoms with Gasteiger partial charge in [0.05, 0.1) is 0 Å². The third-order valence-electron chi connectivity index (χ3n) is 3.17. The number of benzene rings is 2. The molecule has 0 atom stereocenters. The van der Waals surface area contributed by atoms with E-state index in [-0.39, 0.29) is 11.5 Å². The summed E-state index contributed by atoms with van der Waals surface area (Å²) in [6.45, 7) is 4.04. The lowest BCUT2D eigenvalue weighted by molar-refractivity contribution is 0.0992. The maximum atomic E-state index is 12.1. The minimum absolute atomic E-state index is 0.0763. The first-order chi connectivity index (χ1) is 8.58. The standard InChI is InChI=1S/C16H16O2/c1-11-4-3-5-12(2)15(11)10-16(18)13-6-8-14(17)9-7-13/h3-9,17H,10H2,1-2H3. The Bertz CT molecular complexity index is 548. The van der Waals surface area contributed by atoms with E-state index in [1.54, 1.807) is 12.1 Å². The van der Waals surface area contributed by atoms with Crippen molar-refractivity contribution in [1.29, 1.82) is 0 Å². The molecule has 0 aromatic heterocycles. The highest BCUT2D eigenvalue weighted by molar-refractivity contribution is 5.97. The van der Waals surface area contributed by atoms with Crippen molar-refractivity contribution in [3.8, 4) is 5.75 Å². The van der Waals surface area contributed by atoms with E-state index >= 15 is 0 Å². The highest BCUT2D eigenvalue weighted by atomic mass is 16.3. The van der Waals surface area contributed by atoms with Gasteiger partial charge in [0.15, 0.2) is 5.78 Å². The van der Waals surface area contributed by atoms with E-state index in [4.69, 9.17) is 0 Å². The van der Waals surface area contributed by atoms with Crippen molar-refractivity contribution in [3.05, 3.63) is 64.7 Å². The van der Waals surface area contributed by atoms with Gasteiger partial charge in [-0.15, -0.1) is 0 Å². The largest absolute Gasteiger partial charge is 0.508 e. The molecule has 0 unspecified atom stereocenters. The molecule has 0 heterocycles. The topological polar surface area (TPSA) is 37.3 Å². The Morgan fingerprint density at radius 2 is 1.56 bits per heavy atom. The minimum atomic E-state index is 0.0763. The number of carbonyl (C=O) groups is 1. The van der Waals surface area contributed by atoms with Gasteiger partial charge in [0.25, 0.3) is 0 Å². The summed E-state index contributed by atoms with van der Waals surface area (Å²) in [5.74, 6) is 0.256. The Labute approximate surface area is 107 Å². The van der Waals surface area contributed by atoms with Crippen molar-refractivity contribution in [3.63, 3.8) is 0 Å². The molecule has 0 aliphatic rings. The summed E-state index contributed by atoms with van der Waals surface area (Å²) in [5, 5.41) is 9.21. The zero-order valence-electron chi connectivity index (χ0n) is 10.6. The van der Waals surface area contributed by atoms with E-state index in [0.717, 1.165) is 16.7 Å². The number of rotatable bonds is 3. The quantitative estimate of drug-likeness (QED) is 0.834. The molecule has 0 aliphatic carbocycles. The molecule has 2 nitrogen and oxygen atoms in total. The lowest BCUT2D eigenvalue weighted by Gasteiger charge is -2.09. The Morgan fingerprint density at radius 3 is 2.11 bits per heavy atom. The molecule has 0 amide bonds. The fourth-order valence-electron chi connectivity index (χ4n) is 2.04. The first-order valence-electron chi connectivity index (χ1n) is 5.95. The van der Waals surface area contributed by atoms with E-state index in [9.17, 15) is 9.90 Å². The Hall–Kier alpha value is -2.09. The maximum Gasteiger partial charge on any atom is 0.167 e. The van der Waals surface area contributed by atoms with Gasteiger partial charge in [-0.05, 0) is 54.8 Å². The van der Waals surface area contributed by atoms with Crippen LogP contribution >= 0.6 is 0 Å². The van der Waals surface area contributed by atoms with Gasteiger partial charge in [-0.2, -0.15) is 0 Å². The molecular formula is C16H16O2. The molecule has 0 aliphatic heterocycles. The number of ketones is 1. The smallest absolute Gasteiger partial charge is 0.167 e. The van der Waals surface area contributed by atoms with Crippen molar-refractivity contribution in [2.45, 2.75) is 20.3 Å². The molecule has 2 aromatic carbocycles. The normalized spacial score (nSPS) is 10.3. The fraction of sp³-hybridized carbons (Fsp3) is 0.188. The minimum Gasteiger partial charge on any atom is -0.508 e. The number of hydrogen-bond acceptors (Lipinski definition) is 2. The Morgan fingerprint density at radius 1 is 1.00 bits per heavy atom. The summed E-state index contributed by atoms with van der Waals surface area (Å²) in [4.78, 5) is 12.1. The van der Waals surface area contributed by atoms with Crippen molar-refractivity contribution in [2.24, 2.45) is 0 Å². The van der Waals surface area contributed by atoms with E-state index in [0.29, 0.717) is 12.0 Å². The van der Waals surface area contributed by atoms with E-state index in [1.165, 1.54) is 12.1 Å². The van der Waals surface area contributed by atoms with Crippen LogP contribution in [0.2, 0.25) is 0 Å². The molecule has 0 spiro atoms. The van der Waals surface area contributed by atoms with Gasteiger partial charge < -0.3 is 5.11 Å². The van der Waals surface area contributed by atoms with Gasteiger partial charge >= 0.3 is 0 Å². The number of hydrogen-bond donors (Lipinski definition) is 1. The van der Waals surface area contributed by atoms with E-state index in [1.807, 2.05) is 32.0 Å². The molecular weight excluding hydrogens is 224 g/mol. The fourth-order valence-corrected chi connectivity index (χ4v) is 2.04. The predicted octanol–water partition coefficient (Wildman–Crippen LogP) is 3.43. The lowest BCUT2D eigenvalue weighted by atomic mass is 9.95. The molecule has 0 saturated carbocycles. The maximum absolute atomic E-state index is 12.1. The van der Waals surface area contributed by atoms with Crippen LogP contribution in [0.3, 0.4) is 0 Å². The van der Waals surface area contributed by atoms with E-state index in [2.05, 4.69) is 0 Å². The second-order valence-corrected chi connectivity index (χ2v) is 4.52. The van der Waals surface area contributed by atoms with Crippen molar-refractivity contribution < 1.29 is 9.90 Å². The van der Waals surface area contributed by atoms with Crippen LogP contribution in [0, 0.1) is 13.8 Å². The molecule has 18 heavy (non-hydrogen) atoms. The van der Waals surface area contributed by atoms with Crippen LogP contribution in [0.15, 0.2) is 42.5 Å². The van der Waals surface area contributed by atoms with Crippen LogP contribution in [0.25, 0.3) is 0 Å². The van der Waals surface area contributed by atoms with Crippen LogP contribution in [0.5, 0.6) is 5.75 Å². The zero-order valence-corrected chi connectivity index (χ0v) is 10.6. The van der Waals surface area contributed by atoms with E-state index < -0.39 is 0 Å². The van der Waals surface area contributed by atoms with Crippen molar-refractivity contribution in [1.82, 2.24) is 0 Å². The summed E-state index contributed by atoms with van der Waals surface area (Å²) in [6.07, 6.45) is 0.406. The number of Topliss-reactive ketones (excluding diaryl/α,β-unsaturated/α-hetero) is 1. The third-order valence-corrected chi connectivity index (χ3v) is 3.17. The molecule has 1 N–H and O–H groups in total. The number of aromatic hydroxyl groups is 1. The zero-order chi connectivity index (χ0) is 13.1.